The van der Waals surface area contributed by atoms with Crippen molar-refractivity contribution in [2.75, 3.05) is 0 Å². The number of carboxylic acid groups (broad SMARTS) is 1. The fraction of sp³-hybridized carbons (Fsp3) is 0. The van der Waals surface area contributed by atoms with E-state index in [1.54, 1.807) is 6.07 Å². The van der Waals surface area contributed by atoms with Crippen LogP contribution in [-0.4, -0.2) is 16.2 Å². The van der Waals surface area contributed by atoms with Crippen molar-refractivity contribution in [2.45, 2.75) is 0 Å². The zero-order valence-corrected chi connectivity index (χ0v) is 7.91. The lowest BCUT2D eigenvalue weighted by atomic mass is 10.2. The first-order chi connectivity index (χ1) is 6.18. The Kier molecular flexibility index (Phi) is 1.81. The van der Waals surface area contributed by atoms with Crippen LogP contribution < -0.4 is 0 Å². The first kappa shape index (κ1) is 8.25. The average Bonchev–Trinajstić information content (AvgIpc) is 2.47. The van der Waals surface area contributed by atoms with E-state index in [4.69, 9.17) is 9.63 Å². The number of carbonyl (C=O) groups is 1. The summed E-state index contributed by atoms with van der Waals surface area (Å²) < 4.78 is 5.46. The molecule has 0 atom stereocenters. The number of nitrogens with zero attached hydrogens (tertiary/aromatic N) is 1. The molecular weight excluding hydrogens is 238 g/mol. The normalized spacial score (nSPS) is 10.5. The van der Waals surface area contributed by atoms with Crippen LogP contribution in [0.25, 0.3) is 11.0 Å². The monoisotopic (exact) mass is 241 g/mol. The SMILES string of the molecule is O=C(O)c1ccc2c(Br)noc2c1. The van der Waals surface area contributed by atoms with E-state index in [-0.39, 0.29) is 5.56 Å². The van der Waals surface area contributed by atoms with Gasteiger partial charge in [-0.3, -0.25) is 0 Å². The molecule has 13 heavy (non-hydrogen) atoms. The maximum atomic E-state index is 10.6. The number of fused-ring (bicyclic) bond motifs is 1. The molecule has 2 rings (SSSR count). The Balaban J connectivity index is 2.70. The summed E-state index contributed by atoms with van der Waals surface area (Å²) in [7, 11) is 0. The highest BCUT2D eigenvalue weighted by Gasteiger charge is 2.08. The van der Waals surface area contributed by atoms with Crippen molar-refractivity contribution in [1.82, 2.24) is 5.16 Å². The van der Waals surface area contributed by atoms with E-state index in [0.717, 1.165) is 5.39 Å². The predicted molar refractivity (Wildman–Crippen MR) is 48.7 cm³/mol. The van der Waals surface area contributed by atoms with Gasteiger partial charge in [-0.15, -0.1) is 0 Å². The second-order valence-corrected chi connectivity index (χ2v) is 3.24. The lowest BCUT2D eigenvalue weighted by Crippen LogP contribution is -1.94. The largest absolute Gasteiger partial charge is 0.478 e. The molecule has 0 fully saturated rings. The van der Waals surface area contributed by atoms with Crippen LogP contribution in [0.3, 0.4) is 0 Å². The Hall–Kier alpha value is -1.36. The van der Waals surface area contributed by atoms with Crippen LogP contribution in [0.15, 0.2) is 27.3 Å². The molecular formula is C8H4BrNO3. The predicted octanol–water partition coefficient (Wildman–Crippen LogP) is 2.29. The third kappa shape index (κ3) is 1.31. The topological polar surface area (TPSA) is 63.3 Å². The molecule has 0 aliphatic rings. The molecule has 1 aromatic carbocycles. The van der Waals surface area contributed by atoms with Gasteiger partial charge in [0.25, 0.3) is 0 Å². The van der Waals surface area contributed by atoms with Gasteiger partial charge < -0.3 is 9.63 Å². The summed E-state index contributed by atoms with van der Waals surface area (Å²) in [5, 5.41) is 13.1. The van der Waals surface area contributed by atoms with E-state index in [1.165, 1.54) is 12.1 Å². The smallest absolute Gasteiger partial charge is 0.335 e. The van der Waals surface area contributed by atoms with Crippen LogP contribution in [0.4, 0.5) is 0 Å². The van der Waals surface area contributed by atoms with E-state index in [1.807, 2.05) is 0 Å². The van der Waals surface area contributed by atoms with Crippen LogP contribution in [0, 0.1) is 0 Å². The fourth-order valence-electron chi connectivity index (χ4n) is 1.04. The number of hydrogen-bond acceptors (Lipinski definition) is 3. The third-order valence-electron chi connectivity index (χ3n) is 1.67. The van der Waals surface area contributed by atoms with Gasteiger partial charge in [-0.25, -0.2) is 4.79 Å². The molecule has 0 unspecified atom stereocenters. The van der Waals surface area contributed by atoms with E-state index in [0.29, 0.717) is 10.2 Å². The number of halogens is 1. The van der Waals surface area contributed by atoms with Crippen LogP contribution in [0.5, 0.6) is 0 Å². The first-order valence-electron chi connectivity index (χ1n) is 3.47. The van der Waals surface area contributed by atoms with Crippen molar-refractivity contribution in [3.8, 4) is 0 Å². The second kappa shape index (κ2) is 2.85. The third-order valence-corrected chi connectivity index (χ3v) is 2.25. The van der Waals surface area contributed by atoms with Gasteiger partial charge in [-0.05, 0) is 34.1 Å². The first-order valence-corrected chi connectivity index (χ1v) is 4.26. The fourth-order valence-corrected chi connectivity index (χ4v) is 1.44. The van der Waals surface area contributed by atoms with Gasteiger partial charge in [0.05, 0.1) is 10.9 Å². The Bertz CT molecular complexity index is 477. The standard InChI is InChI=1S/C8H4BrNO3/c9-7-5-2-1-4(8(11)12)3-6(5)13-10-7/h1-3H,(H,11,12). The van der Waals surface area contributed by atoms with E-state index >= 15 is 0 Å². The Labute approximate surface area is 81.3 Å². The van der Waals surface area contributed by atoms with Crippen molar-refractivity contribution < 1.29 is 14.4 Å². The second-order valence-electron chi connectivity index (χ2n) is 2.49. The van der Waals surface area contributed by atoms with E-state index < -0.39 is 5.97 Å². The maximum Gasteiger partial charge on any atom is 0.335 e. The van der Waals surface area contributed by atoms with Crippen LogP contribution in [0.2, 0.25) is 0 Å². The molecule has 2 aromatic rings. The maximum absolute atomic E-state index is 10.6. The van der Waals surface area contributed by atoms with Gasteiger partial charge >= 0.3 is 5.97 Å². The summed E-state index contributed by atoms with van der Waals surface area (Å²) in [6.45, 7) is 0. The number of carboxylic acids is 1. The Morgan fingerprint density at radius 1 is 1.54 bits per heavy atom. The van der Waals surface area contributed by atoms with E-state index in [2.05, 4.69) is 21.1 Å². The summed E-state index contributed by atoms with van der Waals surface area (Å²) >= 11 is 3.18. The van der Waals surface area contributed by atoms with Gasteiger partial charge in [0.2, 0.25) is 0 Å². The molecule has 0 bridgehead atoms. The molecule has 1 heterocycles. The zero-order valence-electron chi connectivity index (χ0n) is 6.32. The highest BCUT2D eigenvalue weighted by atomic mass is 79.9. The minimum atomic E-state index is -0.977. The molecule has 0 aliphatic carbocycles. The zero-order chi connectivity index (χ0) is 9.42. The molecule has 0 saturated carbocycles. The molecule has 66 valence electrons. The van der Waals surface area contributed by atoms with Crippen LogP contribution in [-0.2, 0) is 0 Å². The molecule has 0 saturated heterocycles. The Morgan fingerprint density at radius 3 is 3.00 bits per heavy atom. The number of aromatic nitrogens is 1. The summed E-state index contributed by atoms with van der Waals surface area (Å²) in [6.07, 6.45) is 0. The van der Waals surface area contributed by atoms with Crippen LogP contribution in [0.1, 0.15) is 10.4 Å². The van der Waals surface area contributed by atoms with Gasteiger partial charge in [0, 0.05) is 0 Å². The summed E-state index contributed by atoms with van der Waals surface area (Å²) in [5.74, 6) is -0.977. The van der Waals surface area contributed by atoms with E-state index in [9.17, 15) is 4.79 Å². The molecule has 5 heteroatoms. The minimum absolute atomic E-state index is 0.191. The lowest BCUT2D eigenvalue weighted by Gasteiger charge is -1.91. The molecule has 0 radical (unpaired) electrons. The van der Waals surface area contributed by atoms with Crippen LogP contribution >= 0.6 is 15.9 Å². The molecule has 0 amide bonds. The van der Waals surface area contributed by atoms with Gasteiger partial charge in [0.15, 0.2) is 10.2 Å². The van der Waals surface area contributed by atoms with Gasteiger partial charge in [0.1, 0.15) is 0 Å². The number of benzene rings is 1. The molecule has 0 spiro atoms. The quantitative estimate of drug-likeness (QED) is 0.833. The van der Waals surface area contributed by atoms with Crippen molar-refractivity contribution in [3.05, 3.63) is 28.4 Å². The van der Waals surface area contributed by atoms with Gasteiger partial charge in [-0.2, -0.15) is 0 Å². The summed E-state index contributed by atoms with van der Waals surface area (Å²) in [5.41, 5.74) is 0.655. The van der Waals surface area contributed by atoms with Crippen molar-refractivity contribution in [2.24, 2.45) is 0 Å². The molecule has 1 aromatic heterocycles. The Morgan fingerprint density at radius 2 is 2.31 bits per heavy atom. The minimum Gasteiger partial charge on any atom is -0.478 e. The molecule has 0 aliphatic heterocycles. The molecule has 1 N–H and O–H groups in total. The number of rotatable bonds is 1. The highest BCUT2D eigenvalue weighted by molar-refractivity contribution is 9.10. The van der Waals surface area contributed by atoms with Crippen molar-refractivity contribution in [1.29, 1.82) is 0 Å². The summed E-state index contributed by atoms with van der Waals surface area (Å²) in [6, 6.07) is 4.60. The average molecular weight is 242 g/mol. The van der Waals surface area contributed by atoms with Crippen molar-refractivity contribution >= 4 is 32.9 Å². The number of hydrogen-bond donors (Lipinski definition) is 1. The number of aromatic carboxylic acids is 1. The molecule has 4 nitrogen and oxygen atoms in total. The van der Waals surface area contributed by atoms with Crippen molar-refractivity contribution in [3.63, 3.8) is 0 Å². The summed E-state index contributed by atoms with van der Waals surface area (Å²) in [4.78, 5) is 10.6. The highest BCUT2D eigenvalue weighted by Crippen LogP contribution is 2.23. The lowest BCUT2D eigenvalue weighted by molar-refractivity contribution is 0.0697. The van der Waals surface area contributed by atoms with Gasteiger partial charge in [-0.1, -0.05) is 5.16 Å².